The van der Waals surface area contributed by atoms with Gasteiger partial charge in [-0.15, -0.1) is 0 Å². The maximum Gasteiger partial charge on any atom is 0.229 e. The van der Waals surface area contributed by atoms with Crippen molar-refractivity contribution in [2.45, 2.75) is 13.0 Å². The van der Waals surface area contributed by atoms with Crippen LogP contribution in [0, 0.1) is 0 Å². The molecule has 90 valence electrons. The summed E-state index contributed by atoms with van der Waals surface area (Å²) >= 11 is 0. The van der Waals surface area contributed by atoms with E-state index in [9.17, 15) is 0 Å². The van der Waals surface area contributed by atoms with Crippen LogP contribution in [0.4, 0.5) is 0 Å². The van der Waals surface area contributed by atoms with Gasteiger partial charge in [-0.25, -0.2) is 0 Å². The van der Waals surface area contributed by atoms with E-state index >= 15 is 0 Å². The Bertz CT molecular complexity index is 715. The summed E-state index contributed by atoms with van der Waals surface area (Å²) in [5.41, 5.74) is 5.30. The number of aryl methyl sites for hydroxylation is 2. The van der Waals surface area contributed by atoms with E-state index in [1.54, 1.807) is 0 Å². The van der Waals surface area contributed by atoms with Crippen molar-refractivity contribution >= 4 is 10.9 Å². The average Bonchev–Trinajstić information content (AvgIpc) is 2.78. The summed E-state index contributed by atoms with van der Waals surface area (Å²) in [4.78, 5) is 3.55. The van der Waals surface area contributed by atoms with Crippen molar-refractivity contribution < 1.29 is 17.0 Å². The fourth-order valence-corrected chi connectivity index (χ4v) is 2.81. The van der Waals surface area contributed by atoms with Crippen LogP contribution >= 0.6 is 0 Å². The van der Waals surface area contributed by atoms with E-state index in [1.807, 2.05) is 0 Å². The molecule has 3 heteroatoms. The molecule has 0 spiro atoms. The molecular weight excluding hydrogens is 244 g/mol. The smallest absolute Gasteiger partial charge is 0.229 e. The molecule has 2 aromatic heterocycles. The Morgan fingerprint density at radius 2 is 1.83 bits per heavy atom. The van der Waals surface area contributed by atoms with Gasteiger partial charge in [0.1, 0.15) is 5.69 Å². The minimum Gasteiger partial charge on any atom is -1.00 e. The molecule has 0 saturated carbocycles. The highest BCUT2D eigenvalue weighted by molar-refractivity contribution is 5.89. The Morgan fingerprint density at radius 3 is 2.78 bits per heavy atom. The zero-order valence-corrected chi connectivity index (χ0v) is 10.6. The highest BCUT2D eigenvalue weighted by Gasteiger charge is 2.25. The minimum absolute atomic E-state index is 0. The second-order valence-electron chi connectivity index (χ2n) is 4.55. The van der Waals surface area contributed by atoms with Crippen LogP contribution in [0.3, 0.4) is 0 Å². The number of pyridine rings is 1. The van der Waals surface area contributed by atoms with Gasteiger partial charge in [-0.05, 0) is 17.7 Å². The monoisotopic (exact) mass is 256 g/mol. The van der Waals surface area contributed by atoms with Crippen LogP contribution in [0.15, 0.2) is 48.7 Å². The molecule has 18 heavy (non-hydrogen) atoms. The molecule has 0 unspecified atom stereocenters. The fraction of sp³-hybridized carbons (Fsp3) is 0.133. The number of aromatic amines is 1. The molecule has 0 atom stereocenters. The number of H-pyrrole nitrogens is 1. The molecule has 0 saturated heterocycles. The van der Waals surface area contributed by atoms with E-state index in [4.69, 9.17) is 0 Å². The van der Waals surface area contributed by atoms with Crippen LogP contribution in [0.25, 0.3) is 22.3 Å². The van der Waals surface area contributed by atoms with Crippen molar-refractivity contribution in [2.75, 3.05) is 0 Å². The molecular formula is C15H13ClN2. The van der Waals surface area contributed by atoms with Crippen molar-refractivity contribution in [1.82, 2.24) is 4.98 Å². The maximum atomic E-state index is 3.55. The molecule has 1 aliphatic rings. The summed E-state index contributed by atoms with van der Waals surface area (Å²) in [6, 6.07) is 15.0. The SMILES string of the molecule is [Cl-].c1cc[n+]2c(c1)-c1[nH]c3ccccc3c1CC2. The molecule has 0 amide bonds. The predicted octanol–water partition coefficient (Wildman–Crippen LogP) is -0.317. The molecule has 1 aliphatic heterocycles. The molecule has 0 bridgehead atoms. The van der Waals surface area contributed by atoms with Crippen LogP contribution in [-0.2, 0) is 13.0 Å². The number of halogens is 1. The number of hydrogen-bond donors (Lipinski definition) is 1. The maximum absolute atomic E-state index is 3.55. The van der Waals surface area contributed by atoms with E-state index in [2.05, 4.69) is 58.2 Å². The third-order valence-electron chi connectivity index (χ3n) is 3.61. The number of nitrogens with one attached hydrogen (secondary N) is 1. The second kappa shape index (κ2) is 4.14. The lowest BCUT2D eigenvalue weighted by molar-refractivity contribution is -0.687. The lowest BCUT2D eigenvalue weighted by atomic mass is 10.0. The number of benzene rings is 1. The van der Waals surface area contributed by atoms with Gasteiger partial charge in [0, 0.05) is 29.5 Å². The number of aromatic nitrogens is 2. The Labute approximate surface area is 112 Å². The van der Waals surface area contributed by atoms with E-state index in [0.717, 1.165) is 13.0 Å². The Morgan fingerprint density at radius 1 is 1.00 bits per heavy atom. The van der Waals surface area contributed by atoms with Crippen LogP contribution < -0.4 is 17.0 Å². The molecule has 1 aromatic carbocycles. The first-order valence-corrected chi connectivity index (χ1v) is 6.02. The highest BCUT2D eigenvalue weighted by atomic mass is 35.5. The van der Waals surface area contributed by atoms with Crippen LogP contribution in [-0.4, -0.2) is 4.98 Å². The van der Waals surface area contributed by atoms with Gasteiger partial charge in [0.25, 0.3) is 0 Å². The van der Waals surface area contributed by atoms with E-state index in [0.29, 0.717) is 0 Å². The Kier molecular flexibility index (Phi) is 2.60. The number of para-hydroxylation sites is 1. The number of hydrogen-bond acceptors (Lipinski definition) is 0. The lowest BCUT2D eigenvalue weighted by Crippen LogP contribution is -3.00. The summed E-state index contributed by atoms with van der Waals surface area (Å²) in [5.74, 6) is 0. The summed E-state index contributed by atoms with van der Waals surface area (Å²) in [6.45, 7) is 1.07. The Hall–Kier alpha value is -1.80. The molecule has 2 nitrogen and oxygen atoms in total. The molecule has 3 heterocycles. The van der Waals surface area contributed by atoms with Gasteiger partial charge in [0.15, 0.2) is 12.7 Å². The number of rotatable bonds is 0. The third-order valence-corrected chi connectivity index (χ3v) is 3.61. The zero-order valence-electron chi connectivity index (χ0n) is 9.86. The fourth-order valence-electron chi connectivity index (χ4n) is 2.81. The second-order valence-corrected chi connectivity index (χ2v) is 4.55. The van der Waals surface area contributed by atoms with Gasteiger partial charge < -0.3 is 17.4 Å². The van der Waals surface area contributed by atoms with Crippen molar-refractivity contribution in [1.29, 1.82) is 0 Å². The summed E-state index contributed by atoms with van der Waals surface area (Å²) in [7, 11) is 0. The summed E-state index contributed by atoms with van der Waals surface area (Å²) in [6.07, 6.45) is 3.27. The molecule has 0 aliphatic carbocycles. The highest BCUT2D eigenvalue weighted by Crippen LogP contribution is 2.31. The zero-order chi connectivity index (χ0) is 11.2. The van der Waals surface area contributed by atoms with Crippen molar-refractivity contribution in [2.24, 2.45) is 0 Å². The predicted molar refractivity (Wildman–Crippen MR) is 67.6 cm³/mol. The molecule has 1 N–H and O–H groups in total. The topological polar surface area (TPSA) is 19.7 Å². The van der Waals surface area contributed by atoms with Gasteiger partial charge in [-0.1, -0.05) is 18.2 Å². The first-order chi connectivity index (χ1) is 8.43. The number of nitrogens with zero attached hydrogens (tertiary/aromatic N) is 1. The summed E-state index contributed by atoms with van der Waals surface area (Å²) in [5, 5.41) is 1.37. The van der Waals surface area contributed by atoms with Crippen molar-refractivity contribution in [3.63, 3.8) is 0 Å². The van der Waals surface area contributed by atoms with Crippen molar-refractivity contribution in [3.8, 4) is 11.4 Å². The average molecular weight is 257 g/mol. The molecule has 0 fully saturated rings. The van der Waals surface area contributed by atoms with E-state index < -0.39 is 0 Å². The van der Waals surface area contributed by atoms with Gasteiger partial charge in [-0.3, -0.25) is 0 Å². The van der Waals surface area contributed by atoms with E-state index in [1.165, 1.54) is 27.9 Å². The molecule has 3 aromatic rings. The standard InChI is InChI=1S/C15H12N2.ClH/c1-2-6-13-11(5-1)12-8-10-17-9-4-3-7-14(17)15(12)16-13;/h1-7,9H,8,10H2;1H. The minimum atomic E-state index is 0. The van der Waals surface area contributed by atoms with Gasteiger partial charge in [-0.2, -0.15) is 4.57 Å². The normalized spacial score (nSPS) is 12.7. The van der Waals surface area contributed by atoms with Crippen molar-refractivity contribution in [3.05, 3.63) is 54.2 Å². The van der Waals surface area contributed by atoms with E-state index in [-0.39, 0.29) is 12.4 Å². The molecule has 4 rings (SSSR count). The largest absolute Gasteiger partial charge is 1.00 e. The third kappa shape index (κ3) is 1.46. The number of fused-ring (bicyclic) bond motifs is 5. The lowest BCUT2D eigenvalue weighted by Gasteiger charge is -2.10. The first kappa shape index (κ1) is 11.3. The van der Waals surface area contributed by atoms with Gasteiger partial charge >= 0.3 is 0 Å². The Balaban J connectivity index is 0.000001000. The summed E-state index contributed by atoms with van der Waals surface area (Å²) < 4.78 is 2.32. The first-order valence-electron chi connectivity index (χ1n) is 6.02. The van der Waals surface area contributed by atoms with Crippen LogP contribution in [0.2, 0.25) is 0 Å². The van der Waals surface area contributed by atoms with Gasteiger partial charge in [0.05, 0.1) is 0 Å². The van der Waals surface area contributed by atoms with Gasteiger partial charge in [0.2, 0.25) is 5.69 Å². The molecule has 0 radical (unpaired) electrons. The quantitative estimate of drug-likeness (QED) is 0.532. The van der Waals surface area contributed by atoms with Crippen LogP contribution in [0.1, 0.15) is 5.56 Å². The van der Waals surface area contributed by atoms with Crippen LogP contribution in [0.5, 0.6) is 0 Å².